The van der Waals surface area contributed by atoms with Gasteiger partial charge in [0.05, 0.1) is 0 Å². The summed E-state index contributed by atoms with van der Waals surface area (Å²) in [5.41, 5.74) is 0. The van der Waals surface area contributed by atoms with Crippen molar-refractivity contribution in [2.24, 2.45) is 0 Å². The second-order valence-electron chi connectivity index (χ2n) is 4.15. The molecule has 2 aromatic heterocycles. The summed E-state index contributed by atoms with van der Waals surface area (Å²) in [5.74, 6) is 0.0574. The van der Waals surface area contributed by atoms with Crippen LogP contribution in [0.25, 0.3) is 11.6 Å². The number of nitrogens with zero attached hydrogens (tertiary/aromatic N) is 3. The number of carbonyl (C=O) groups is 1. The molecule has 7 heteroatoms. The van der Waals surface area contributed by atoms with Gasteiger partial charge in [0, 0.05) is 6.54 Å². The molecule has 2 aromatic rings. The van der Waals surface area contributed by atoms with Crippen LogP contribution in [0, 0.1) is 0 Å². The molecular formula is C11H10BrN3O3. The third kappa shape index (κ3) is 1.84. The van der Waals surface area contributed by atoms with E-state index in [0.29, 0.717) is 35.0 Å². The molecule has 94 valence electrons. The number of aryl methyl sites for hydroxylation is 1. The molecule has 1 aliphatic heterocycles. The zero-order valence-electron chi connectivity index (χ0n) is 9.34. The molecule has 0 amide bonds. The second kappa shape index (κ2) is 4.24. The first-order valence-electron chi connectivity index (χ1n) is 5.58. The Labute approximate surface area is 111 Å². The highest BCUT2D eigenvalue weighted by atomic mass is 79.9. The largest absolute Gasteiger partial charge is 0.481 e. The van der Waals surface area contributed by atoms with Crippen LogP contribution in [0.4, 0.5) is 0 Å². The Morgan fingerprint density at radius 3 is 3.06 bits per heavy atom. The number of carboxylic acid groups (broad SMARTS) is 1. The predicted octanol–water partition coefficient (Wildman–Crippen LogP) is 2.26. The lowest BCUT2D eigenvalue weighted by atomic mass is 10.00. The number of hydrogen-bond donors (Lipinski definition) is 1. The summed E-state index contributed by atoms with van der Waals surface area (Å²) in [4.78, 5) is 15.4. The van der Waals surface area contributed by atoms with Gasteiger partial charge in [0.2, 0.25) is 5.82 Å². The van der Waals surface area contributed by atoms with Crippen LogP contribution in [0.3, 0.4) is 0 Å². The highest BCUT2D eigenvalue weighted by Crippen LogP contribution is 2.29. The first-order chi connectivity index (χ1) is 8.65. The maximum Gasteiger partial charge on any atom is 0.314 e. The lowest BCUT2D eigenvalue weighted by molar-refractivity contribution is -0.139. The van der Waals surface area contributed by atoms with E-state index in [2.05, 4.69) is 26.0 Å². The molecule has 0 saturated heterocycles. The van der Waals surface area contributed by atoms with Crippen molar-refractivity contribution < 1.29 is 14.3 Å². The average Bonchev–Trinajstić information content (AvgIpc) is 2.93. The number of furan rings is 1. The molecule has 18 heavy (non-hydrogen) atoms. The van der Waals surface area contributed by atoms with Crippen molar-refractivity contribution in [2.75, 3.05) is 0 Å². The van der Waals surface area contributed by atoms with Crippen molar-refractivity contribution in [3.63, 3.8) is 0 Å². The summed E-state index contributed by atoms with van der Waals surface area (Å²) in [5, 5.41) is 13.5. The van der Waals surface area contributed by atoms with Gasteiger partial charge in [-0.3, -0.25) is 4.79 Å². The van der Waals surface area contributed by atoms with E-state index in [-0.39, 0.29) is 0 Å². The lowest BCUT2D eigenvalue weighted by Gasteiger charge is -2.17. The van der Waals surface area contributed by atoms with E-state index in [1.165, 1.54) is 0 Å². The van der Waals surface area contributed by atoms with Gasteiger partial charge in [0.15, 0.2) is 10.4 Å². The van der Waals surface area contributed by atoms with Crippen LogP contribution in [-0.2, 0) is 11.3 Å². The van der Waals surface area contributed by atoms with E-state index in [0.717, 1.165) is 6.42 Å². The van der Waals surface area contributed by atoms with Gasteiger partial charge in [-0.15, -0.1) is 5.10 Å². The third-order valence-corrected chi connectivity index (χ3v) is 3.39. The quantitative estimate of drug-likeness (QED) is 0.920. The van der Waals surface area contributed by atoms with Crippen LogP contribution in [-0.4, -0.2) is 25.8 Å². The molecule has 0 bridgehead atoms. The smallest absolute Gasteiger partial charge is 0.314 e. The van der Waals surface area contributed by atoms with Crippen molar-refractivity contribution in [3.8, 4) is 11.6 Å². The Morgan fingerprint density at radius 2 is 2.39 bits per heavy atom. The first-order valence-corrected chi connectivity index (χ1v) is 6.37. The molecule has 3 heterocycles. The van der Waals surface area contributed by atoms with Crippen molar-refractivity contribution >= 4 is 21.9 Å². The van der Waals surface area contributed by atoms with E-state index >= 15 is 0 Å². The molecule has 0 aliphatic carbocycles. The van der Waals surface area contributed by atoms with Crippen molar-refractivity contribution in [1.29, 1.82) is 0 Å². The Hall–Kier alpha value is -1.63. The normalized spacial score (nSPS) is 18.6. The lowest BCUT2D eigenvalue weighted by Crippen LogP contribution is -2.22. The SMILES string of the molecule is O=C(O)C1CCCn2nc(-c3ccc(Br)o3)nc21. The van der Waals surface area contributed by atoms with Crippen LogP contribution >= 0.6 is 15.9 Å². The van der Waals surface area contributed by atoms with Crippen LogP contribution in [0.1, 0.15) is 24.6 Å². The molecule has 1 unspecified atom stereocenters. The summed E-state index contributed by atoms with van der Waals surface area (Å²) in [6.07, 6.45) is 1.41. The minimum Gasteiger partial charge on any atom is -0.481 e. The monoisotopic (exact) mass is 311 g/mol. The Kier molecular flexibility index (Phi) is 2.70. The van der Waals surface area contributed by atoms with Gasteiger partial charge in [0.1, 0.15) is 11.7 Å². The van der Waals surface area contributed by atoms with Gasteiger partial charge in [-0.25, -0.2) is 9.67 Å². The third-order valence-electron chi connectivity index (χ3n) is 2.97. The first kappa shape index (κ1) is 11.5. The molecule has 0 spiro atoms. The minimum atomic E-state index is -0.851. The number of rotatable bonds is 2. The number of fused-ring (bicyclic) bond motifs is 1. The van der Waals surface area contributed by atoms with Gasteiger partial charge < -0.3 is 9.52 Å². The minimum absolute atomic E-state index is 0.434. The zero-order chi connectivity index (χ0) is 12.7. The van der Waals surface area contributed by atoms with Gasteiger partial charge in [-0.1, -0.05) is 0 Å². The maximum absolute atomic E-state index is 11.2. The molecule has 0 saturated carbocycles. The van der Waals surface area contributed by atoms with Crippen LogP contribution in [0.15, 0.2) is 21.2 Å². The number of carboxylic acids is 1. The van der Waals surface area contributed by atoms with Crippen molar-refractivity contribution in [3.05, 3.63) is 22.6 Å². The number of hydrogen-bond acceptors (Lipinski definition) is 4. The Morgan fingerprint density at radius 1 is 1.56 bits per heavy atom. The zero-order valence-corrected chi connectivity index (χ0v) is 10.9. The van der Waals surface area contributed by atoms with Crippen LogP contribution in [0.5, 0.6) is 0 Å². The number of halogens is 1. The van der Waals surface area contributed by atoms with Crippen LogP contribution < -0.4 is 0 Å². The van der Waals surface area contributed by atoms with E-state index in [4.69, 9.17) is 9.52 Å². The Bertz CT molecular complexity index is 604. The summed E-state index contributed by atoms with van der Waals surface area (Å²) < 4.78 is 7.63. The molecule has 6 nitrogen and oxygen atoms in total. The molecular weight excluding hydrogens is 302 g/mol. The maximum atomic E-state index is 11.2. The number of aromatic nitrogens is 3. The standard InChI is InChI=1S/C11H10BrN3O3/c12-8-4-3-7(18-8)9-13-10-6(11(16)17)2-1-5-15(10)14-9/h3-4,6H,1-2,5H2,(H,16,17). The molecule has 1 N–H and O–H groups in total. The highest BCUT2D eigenvalue weighted by molar-refractivity contribution is 9.10. The fourth-order valence-electron chi connectivity index (χ4n) is 2.12. The molecule has 1 atom stereocenters. The summed E-state index contributed by atoms with van der Waals surface area (Å²) in [6, 6.07) is 3.51. The molecule has 0 aromatic carbocycles. The fraction of sp³-hybridized carbons (Fsp3) is 0.364. The average molecular weight is 312 g/mol. The van der Waals surface area contributed by atoms with Crippen molar-refractivity contribution in [2.45, 2.75) is 25.3 Å². The molecule has 3 rings (SSSR count). The molecule has 0 fully saturated rings. The van der Waals surface area contributed by atoms with E-state index in [9.17, 15) is 4.79 Å². The summed E-state index contributed by atoms with van der Waals surface area (Å²) >= 11 is 3.21. The fourth-order valence-corrected chi connectivity index (χ4v) is 2.43. The molecule has 0 radical (unpaired) electrons. The van der Waals surface area contributed by atoms with E-state index < -0.39 is 11.9 Å². The van der Waals surface area contributed by atoms with Gasteiger partial charge in [0.25, 0.3) is 0 Å². The predicted molar refractivity (Wildman–Crippen MR) is 65.0 cm³/mol. The van der Waals surface area contributed by atoms with E-state index in [1.807, 2.05) is 0 Å². The number of aliphatic carboxylic acids is 1. The Balaban J connectivity index is 2.03. The van der Waals surface area contributed by atoms with E-state index in [1.54, 1.807) is 16.8 Å². The van der Waals surface area contributed by atoms with Gasteiger partial charge >= 0.3 is 5.97 Å². The van der Waals surface area contributed by atoms with Gasteiger partial charge in [-0.05, 0) is 40.9 Å². The summed E-state index contributed by atoms with van der Waals surface area (Å²) in [6.45, 7) is 0.702. The van der Waals surface area contributed by atoms with Crippen LogP contribution in [0.2, 0.25) is 0 Å². The highest BCUT2D eigenvalue weighted by Gasteiger charge is 2.30. The van der Waals surface area contributed by atoms with Crippen molar-refractivity contribution in [1.82, 2.24) is 14.8 Å². The topological polar surface area (TPSA) is 81.1 Å². The second-order valence-corrected chi connectivity index (χ2v) is 4.94. The molecule has 1 aliphatic rings. The van der Waals surface area contributed by atoms with Gasteiger partial charge in [-0.2, -0.15) is 0 Å². The summed E-state index contributed by atoms with van der Waals surface area (Å²) in [7, 11) is 0.